The quantitative estimate of drug-likeness (QED) is 0.810. The van der Waals surface area contributed by atoms with Crippen LogP contribution >= 0.6 is 12.4 Å². The van der Waals surface area contributed by atoms with Crippen molar-refractivity contribution in [1.82, 2.24) is 5.32 Å². The first kappa shape index (κ1) is 12.9. The first-order valence-electron chi connectivity index (χ1n) is 4.16. The Morgan fingerprint density at radius 3 is 2.21 bits per heavy atom. The lowest BCUT2D eigenvalue weighted by Crippen LogP contribution is -2.29. The van der Waals surface area contributed by atoms with Crippen molar-refractivity contribution in [2.75, 3.05) is 0 Å². The van der Waals surface area contributed by atoms with E-state index in [0.29, 0.717) is 5.56 Å². The lowest BCUT2D eigenvalue weighted by molar-refractivity contribution is 0.0943. The molecule has 1 N–H and O–H groups in total. The summed E-state index contributed by atoms with van der Waals surface area (Å²) in [5.41, 5.74) is 0.482. The van der Waals surface area contributed by atoms with Gasteiger partial charge in [0, 0.05) is 11.6 Å². The third-order valence-electron chi connectivity index (χ3n) is 1.53. The minimum atomic E-state index is -0.332. The van der Waals surface area contributed by atoms with Gasteiger partial charge in [0.15, 0.2) is 0 Å². The smallest absolute Gasteiger partial charge is 0.251 e. The first-order valence-corrected chi connectivity index (χ1v) is 4.16. The molecule has 0 aliphatic carbocycles. The normalized spacial score (nSPS) is 9.43. The van der Waals surface area contributed by atoms with E-state index in [2.05, 4.69) is 5.32 Å². The predicted molar refractivity (Wildman–Crippen MR) is 56.3 cm³/mol. The van der Waals surface area contributed by atoms with Gasteiger partial charge >= 0.3 is 0 Å². The molecule has 0 spiro atoms. The van der Waals surface area contributed by atoms with Gasteiger partial charge in [-0.05, 0) is 38.1 Å². The molecule has 0 fully saturated rings. The van der Waals surface area contributed by atoms with Crippen molar-refractivity contribution in [3.05, 3.63) is 35.6 Å². The van der Waals surface area contributed by atoms with Crippen molar-refractivity contribution < 1.29 is 9.18 Å². The Hall–Kier alpha value is -1.09. The van der Waals surface area contributed by atoms with Crippen LogP contribution < -0.4 is 5.32 Å². The van der Waals surface area contributed by atoms with Crippen molar-refractivity contribution in [1.29, 1.82) is 0 Å². The van der Waals surface area contributed by atoms with E-state index in [0.717, 1.165) is 0 Å². The van der Waals surface area contributed by atoms with Crippen LogP contribution in [-0.2, 0) is 0 Å². The minimum Gasteiger partial charge on any atom is -0.350 e. The molecule has 1 aromatic rings. The van der Waals surface area contributed by atoms with Crippen LogP contribution in [0.2, 0.25) is 0 Å². The standard InChI is InChI=1S/C10H12FNO.ClH/c1-7(2)12-10(13)8-3-5-9(11)6-4-8;/h3-7H,1-2H3,(H,12,13);1H. The van der Waals surface area contributed by atoms with Crippen LogP contribution in [0.15, 0.2) is 24.3 Å². The number of nitrogens with one attached hydrogen (secondary N) is 1. The number of hydrogen-bond acceptors (Lipinski definition) is 1. The van der Waals surface area contributed by atoms with E-state index < -0.39 is 0 Å². The summed E-state index contributed by atoms with van der Waals surface area (Å²) in [6.07, 6.45) is 0. The second kappa shape index (κ2) is 5.60. The lowest BCUT2D eigenvalue weighted by atomic mass is 10.2. The molecule has 0 atom stereocenters. The molecule has 0 heterocycles. The van der Waals surface area contributed by atoms with Gasteiger partial charge in [0.05, 0.1) is 0 Å². The molecule has 0 bridgehead atoms. The van der Waals surface area contributed by atoms with Crippen molar-refractivity contribution in [2.24, 2.45) is 0 Å². The maximum absolute atomic E-state index is 12.5. The Morgan fingerprint density at radius 1 is 1.29 bits per heavy atom. The maximum atomic E-state index is 12.5. The van der Waals surface area contributed by atoms with Crippen molar-refractivity contribution in [2.45, 2.75) is 19.9 Å². The molecule has 1 amide bonds. The fourth-order valence-electron chi connectivity index (χ4n) is 0.947. The second-order valence-electron chi connectivity index (χ2n) is 3.14. The molecule has 0 radical (unpaired) electrons. The molecule has 14 heavy (non-hydrogen) atoms. The molecular weight excluding hydrogens is 205 g/mol. The van der Waals surface area contributed by atoms with Gasteiger partial charge in [-0.2, -0.15) is 0 Å². The lowest BCUT2D eigenvalue weighted by Gasteiger charge is -2.07. The molecule has 4 heteroatoms. The number of hydrogen-bond donors (Lipinski definition) is 1. The average Bonchev–Trinajstić information content (AvgIpc) is 2.04. The van der Waals surface area contributed by atoms with E-state index in [1.807, 2.05) is 13.8 Å². The summed E-state index contributed by atoms with van der Waals surface area (Å²) >= 11 is 0. The molecule has 2 nitrogen and oxygen atoms in total. The van der Waals surface area contributed by atoms with Gasteiger partial charge in [0.25, 0.3) is 5.91 Å². The monoisotopic (exact) mass is 217 g/mol. The number of amides is 1. The Kier molecular flexibility index (Phi) is 5.16. The van der Waals surface area contributed by atoms with Crippen LogP contribution in [0.1, 0.15) is 24.2 Å². The highest BCUT2D eigenvalue weighted by molar-refractivity contribution is 5.94. The molecule has 78 valence electrons. The molecule has 0 aliphatic rings. The second-order valence-corrected chi connectivity index (χ2v) is 3.14. The largest absolute Gasteiger partial charge is 0.350 e. The summed E-state index contributed by atoms with van der Waals surface area (Å²) in [7, 11) is 0. The van der Waals surface area contributed by atoms with Crippen LogP contribution in [0, 0.1) is 5.82 Å². The van der Waals surface area contributed by atoms with Gasteiger partial charge in [0.1, 0.15) is 5.82 Å². The topological polar surface area (TPSA) is 29.1 Å². The zero-order valence-corrected chi connectivity index (χ0v) is 8.90. The minimum absolute atomic E-state index is 0. The zero-order valence-electron chi connectivity index (χ0n) is 8.08. The first-order chi connectivity index (χ1) is 6.09. The third-order valence-corrected chi connectivity index (χ3v) is 1.53. The summed E-state index contributed by atoms with van der Waals surface area (Å²) in [6, 6.07) is 5.57. The van der Waals surface area contributed by atoms with E-state index in [-0.39, 0.29) is 30.2 Å². The summed E-state index contributed by atoms with van der Waals surface area (Å²) in [4.78, 5) is 11.3. The summed E-state index contributed by atoms with van der Waals surface area (Å²) < 4.78 is 12.5. The maximum Gasteiger partial charge on any atom is 0.251 e. The van der Waals surface area contributed by atoms with Crippen molar-refractivity contribution in [3.63, 3.8) is 0 Å². The van der Waals surface area contributed by atoms with E-state index in [4.69, 9.17) is 0 Å². The van der Waals surface area contributed by atoms with Gasteiger partial charge in [-0.25, -0.2) is 4.39 Å². The van der Waals surface area contributed by atoms with Crippen LogP contribution in [0.4, 0.5) is 4.39 Å². The van der Waals surface area contributed by atoms with Crippen LogP contribution in [0.5, 0.6) is 0 Å². The molecular formula is C10H13ClFNO. The van der Waals surface area contributed by atoms with Crippen LogP contribution in [0.25, 0.3) is 0 Å². The predicted octanol–water partition coefficient (Wildman–Crippen LogP) is 2.39. The van der Waals surface area contributed by atoms with Gasteiger partial charge < -0.3 is 5.32 Å². The van der Waals surface area contributed by atoms with E-state index in [9.17, 15) is 9.18 Å². The van der Waals surface area contributed by atoms with Crippen molar-refractivity contribution in [3.8, 4) is 0 Å². The number of benzene rings is 1. The fourth-order valence-corrected chi connectivity index (χ4v) is 0.947. The molecule has 0 unspecified atom stereocenters. The van der Waals surface area contributed by atoms with Gasteiger partial charge in [-0.3, -0.25) is 4.79 Å². The average molecular weight is 218 g/mol. The van der Waals surface area contributed by atoms with E-state index >= 15 is 0 Å². The molecule has 0 aliphatic heterocycles. The Morgan fingerprint density at radius 2 is 1.79 bits per heavy atom. The van der Waals surface area contributed by atoms with Crippen LogP contribution in [-0.4, -0.2) is 11.9 Å². The fraction of sp³-hybridized carbons (Fsp3) is 0.300. The summed E-state index contributed by atoms with van der Waals surface area (Å²) in [6.45, 7) is 3.75. The highest BCUT2D eigenvalue weighted by Crippen LogP contribution is 2.02. The number of rotatable bonds is 2. The molecule has 0 saturated carbocycles. The van der Waals surface area contributed by atoms with Crippen molar-refractivity contribution >= 4 is 18.3 Å². The number of halogens is 2. The molecule has 1 rings (SSSR count). The van der Waals surface area contributed by atoms with E-state index in [1.54, 1.807) is 0 Å². The zero-order chi connectivity index (χ0) is 9.84. The summed E-state index contributed by atoms with van der Waals surface area (Å²) in [5, 5.41) is 2.72. The highest BCUT2D eigenvalue weighted by atomic mass is 35.5. The Bertz CT molecular complexity index is 297. The van der Waals surface area contributed by atoms with Gasteiger partial charge in [-0.15, -0.1) is 12.4 Å². The Labute approximate surface area is 88.9 Å². The molecule has 0 saturated heterocycles. The SMILES string of the molecule is CC(C)NC(=O)c1ccc(F)cc1.Cl. The van der Waals surface area contributed by atoms with E-state index in [1.165, 1.54) is 24.3 Å². The molecule has 0 aromatic heterocycles. The number of carbonyl (C=O) groups is 1. The third kappa shape index (κ3) is 3.75. The summed E-state index contributed by atoms with van der Waals surface area (Å²) in [5.74, 6) is -0.504. The van der Waals surface area contributed by atoms with Gasteiger partial charge in [0.2, 0.25) is 0 Å². The van der Waals surface area contributed by atoms with Gasteiger partial charge in [-0.1, -0.05) is 0 Å². The molecule has 1 aromatic carbocycles. The highest BCUT2D eigenvalue weighted by Gasteiger charge is 2.05. The number of carbonyl (C=O) groups excluding carboxylic acids is 1. The van der Waals surface area contributed by atoms with Crippen LogP contribution in [0.3, 0.4) is 0 Å². The Balaban J connectivity index is 0.00000169.